The summed E-state index contributed by atoms with van der Waals surface area (Å²) in [5, 5.41) is 2.58. The summed E-state index contributed by atoms with van der Waals surface area (Å²) in [5.41, 5.74) is 3.01. The summed E-state index contributed by atoms with van der Waals surface area (Å²) in [7, 11) is 0. The first-order valence-corrected chi connectivity index (χ1v) is 4.50. The monoisotopic (exact) mass is 243 g/mol. The van der Waals surface area contributed by atoms with Gasteiger partial charge in [-0.15, -0.1) is 0 Å². The molecule has 4 N–H and O–H groups in total. The van der Waals surface area contributed by atoms with Gasteiger partial charge in [-0.25, -0.2) is 10.6 Å². The van der Waals surface area contributed by atoms with Crippen LogP contribution in [-0.4, -0.2) is 6.03 Å². The Morgan fingerprint density at radius 1 is 1.38 bits per heavy atom. The molecule has 1 aromatic rings. The fourth-order valence-corrected chi connectivity index (χ4v) is 1.10. The van der Waals surface area contributed by atoms with Crippen molar-refractivity contribution in [2.75, 3.05) is 0 Å². The van der Waals surface area contributed by atoms with Crippen molar-refractivity contribution in [2.45, 2.75) is 6.54 Å². The van der Waals surface area contributed by atoms with E-state index in [-0.39, 0.29) is 6.03 Å². The second kappa shape index (κ2) is 4.84. The van der Waals surface area contributed by atoms with Gasteiger partial charge in [0.25, 0.3) is 0 Å². The Morgan fingerprint density at radius 3 is 2.54 bits per heavy atom. The first kappa shape index (κ1) is 10.0. The normalized spacial score (nSPS) is 9.38. The highest BCUT2D eigenvalue weighted by Crippen LogP contribution is 2.09. The van der Waals surface area contributed by atoms with Crippen LogP contribution in [0.4, 0.5) is 4.79 Å². The van der Waals surface area contributed by atoms with E-state index in [2.05, 4.69) is 21.2 Å². The summed E-state index contributed by atoms with van der Waals surface area (Å²) in [6.07, 6.45) is 0. The lowest BCUT2D eigenvalue weighted by Crippen LogP contribution is -2.39. The molecule has 0 saturated heterocycles. The Hall–Kier alpha value is -1.07. The lowest BCUT2D eigenvalue weighted by atomic mass is 10.2. The van der Waals surface area contributed by atoms with Crippen LogP contribution >= 0.6 is 15.9 Å². The highest BCUT2D eigenvalue weighted by molar-refractivity contribution is 9.10. The van der Waals surface area contributed by atoms with E-state index in [4.69, 9.17) is 5.84 Å². The third-order valence-corrected chi connectivity index (χ3v) is 2.03. The van der Waals surface area contributed by atoms with Crippen molar-refractivity contribution in [3.8, 4) is 0 Å². The standard InChI is InChI=1S/C8H10BrN3O/c9-7-3-1-6(2-4-7)5-11-8(13)12-10/h1-4H,5,10H2,(H2,11,12,13). The molecule has 1 aromatic carbocycles. The Kier molecular flexibility index (Phi) is 3.72. The zero-order valence-electron chi connectivity index (χ0n) is 6.88. The largest absolute Gasteiger partial charge is 0.333 e. The number of carbonyl (C=O) groups excluding carboxylic acids is 1. The van der Waals surface area contributed by atoms with Crippen molar-refractivity contribution in [1.82, 2.24) is 10.7 Å². The first-order chi connectivity index (χ1) is 6.22. The topological polar surface area (TPSA) is 67.1 Å². The fourth-order valence-electron chi connectivity index (χ4n) is 0.836. The maximum absolute atomic E-state index is 10.7. The zero-order chi connectivity index (χ0) is 9.68. The number of hydrogen-bond acceptors (Lipinski definition) is 2. The molecule has 0 heterocycles. The predicted octanol–water partition coefficient (Wildman–Crippen LogP) is 1.12. The summed E-state index contributed by atoms with van der Waals surface area (Å²) in [6, 6.07) is 7.28. The molecule has 0 bridgehead atoms. The van der Waals surface area contributed by atoms with Crippen LogP contribution in [0.15, 0.2) is 28.7 Å². The fraction of sp³-hybridized carbons (Fsp3) is 0.125. The van der Waals surface area contributed by atoms with E-state index in [1.165, 1.54) is 0 Å². The smallest absolute Gasteiger partial charge is 0.329 e. The van der Waals surface area contributed by atoms with Gasteiger partial charge in [-0.05, 0) is 17.7 Å². The number of carbonyl (C=O) groups is 1. The van der Waals surface area contributed by atoms with Crippen LogP contribution in [0.3, 0.4) is 0 Å². The molecule has 0 radical (unpaired) electrons. The molecule has 0 saturated carbocycles. The third-order valence-electron chi connectivity index (χ3n) is 1.50. The van der Waals surface area contributed by atoms with Crippen LogP contribution in [0.2, 0.25) is 0 Å². The van der Waals surface area contributed by atoms with Gasteiger partial charge < -0.3 is 5.32 Å². The molecule has 0 aromatic heterocycles. The molecule has 0 unspecified atom stereocenters. The van der Waals surface area contributed by atoms with Crippen molar-refractivity contribution in [3.63, 3.8) is 0 Å². The number of halogens is 1. The average molecular weight is 244 g/mol. The van der Waals surface area contributed by atoms with Crippen LogP contribution in [0.1, 0.15) is 5.56 Å². The second-order valence-corrected chi connectivity index (χ2v) is 3.37. The zero-order valence-corrected chi connectivity index (χ0v) is 8.47. The lowest BCUT2D eigenvalue weighted by molar-refractivity contribution is 0.241. The summed E-state index contributed by atoms with van der Waals surface area (Å²) in [4.78, 5) is 10.7. The minimum Gasteiger partial charge on any atom is -0.333 e. The molecule has 1 rings (SSSR count). The van der Waals surface area contributed by atoms with Gasteiger partial charge in [-0.3, -0.25) is 5.43 Å². The van der Waals surface area contributed by atoms with Crippen molar-refractivity contribution < 1.29 is 4.79 Å². The number of rotatable bonds is 2. The van der Waals surface area contributed by atoms with E-state index in [9.17, 15) is 4.79 Å². The SMILES string of the molecule is NNC(=O)NCc1ccc(Br)cc1. The van der Waals surface area contributed by atoms with Gasteiger partial charge >= 0.3 is 6.03 Å². The van der Waals surface area contributed by atoms with E-state index in [1.807, 2.05) is 29.7 Å². The van der Waals surface area contributed by atoms with Gasteiger partial charge in [0.15, 0.2) is 0 Å². The average Bonchev–Trinajstić information content (AvgIpc) is 2.16. The Balaban J connectivity index is 2.46. The Labute approximate surface area is 84.6 Å². The highest BCUT2D eigenvalue weighted by Gasteiger charge is 1.96. The van der Waals surface area contributed by atoms with Crippen molar-refractivity contribution in [1.29, 1.82) is 0 Å². The summed E-state index contributed by atoms with van der Waals surface area (Å²) in [6.45, 7) is 0.469. The number of nitrogens with two attached hydrogens (primary N) is 1. The molecular formula is C8H10BrN3O. The van der Waals surface area contributed by atoms with Crippen LogP contribution in [0, 0.1) is 0 Å². The minimum atomic E-state index is -0.386. The quantitative estimate of drug-likeness (QED) is 0.414. The molecule has 5 heteroatoms. The summed E-state index contributed by atoms with van der Waals surface area (Å²) < 4.78 is 1.01. The van der Waals surface area contributed by atoms with Gasteiger partial charge in [0.05, 0.1) is 0 Å². The number of urea groups is 1. The van der Waals surface area contributed by atoms with Gasteiger partial charge in [-0.1, -0.05) is 28.1 Å². The van der Waals surface area contributed by atoms with E-state index in [1.54, 1.807) is 0 Å². The molecule has 2 amide bonds. The summed E-state index contributed by atoms with van der Waals surface area (Å²) in [5.74, 6) is 4.89. The highest BCUT2D eigenvalue weighted by atomic mass is 79.9. The predicted molar refractivity (Wildman–Crippen MR) is 53.7 cm³/mol. The van der Waals surface area contributed by atoms with Gasteiger partial charge in [0, 0.05) is 11.0 Å². The van der Waals surface area contributed by atoms with E-state index in [0.29, 0.717) is 6.54 Å². The lowest BCUT2D eigenvalue weighted by Gasteiger charge is -2.03. The number of hydrogen-bond donors (Lipinski definition) is 3. The first-order valence-electron chi connectivity index (χ1n) is 3.71. The van der Waals surface area contributed by atoms with Crippen molar-refractivity contribution in [2.24, 2.45) is 5.84 Å². The second-order valence-electron chi connectivity index (χ2n) is 2.45. The van der Waals surface area contributed by atoms with Crippen molar-refractivity contribution >= 4 is 22.0 Å². The number of amides is 2. The third kappa shape index (κ3) is 3.43. The summed E-state index contributed by atoms with van der Waals surface area (Å²) >= 11 is 3.32. The maximum atomic E-state index is 10.7. The molecule has 13 heavy (non-hydrogen) atoms. The van der Waals surface area contributed by atoms with Crippen LogP contribution in [0.5, 0.6) is 0 Å². The van der Waals surface area contributed by atoms with Gasteiger partial charge in [0.1, 0.15) is 0 Å². The number of nitrogens with one attached hydrogen (secondary N) is 2. The van der Waals surface area contributed by atoms with Gasteiger partial charge in [-0.2, -0.15) is 0 Å². The molecule has 70 valence electrons. The minimum absolute atomic E-state index is 0.386. The molecule has 0 aliphatic heterocycles. The molecule has 4 nitrogen and oxygen atoms in total. The van der Waals surface area contributed by atoms with Crippen molar-refractivity contribution in [3.05, 3.63) is 34.3 Å². The van der Waals surface area contributed by atoms with Crippen LogP contribution in [0.25, 0.3) is 0 Å². The maximum Gasteiger partial charge on any atom is 0.329 e. The van der Waals surface area contributed by atoms with E-state index < -0.39 is 0 Å². The van der Waals surface area contributed by atoms with Crippen LogP contribution in [-0.2, 0) is 6.54 Å². The van der Waals surface area contributed by atoms with Crippen LogP contribution < -0.4 is 16.6 Å². The molecule has 0 spiro atoms. The van der Waals surface area contributed by atoms with E-state index in [0.717, 1.165) is 10.0 Å². The molecular weight excluding hydrogens is 234 g/mol. The molecule has 0 fully saturated rings. The molecule has 0 aliphatic rings. The van der Waals surface area contributed by atoms with E-state index >= 15 is 0 Å². The number of benzene rings is 1. The Morgan fingerprint density at radius 2 is 2.00 bits per heavy atom. The van der Waals surface area contributed by atoms with Gasteiger partial charge in [0.2, 0.25) is 0 Å². The number of hydrazine groups is 1. The Bertz CT molecular complexity index is 286. The molecule has 0 aliphatic carbocycles. The molecule has 0 atom stereocenters.